The van der Waals surface area contributed by atoms with Gasteiger partial charge in [0, 0.05) is 11.8 Å². The highest BCUT2D eigenvalue weighted by molar-refractivity contribution is 7.71. The van der Waals surface area contributed by atoms with Gasteiger partial charge >= 0.3 is 0 Å². The van der Waals surface area contributed by atoms with Crippen molar-refractivity contribution in [3.8, 4) is 17.2 Å². The van der Waals surface area contributed by atoms with Crippen LogP contribution in [0.3, 0.4) is 0 Å². The van der Waals surface area contributed by atoms with Gasteiger partial charge in [0.1, 0.15) is 5.75 Å². The molecule has 3 rings (SSSR count). The molecule has 2 N–H and O–H groups in total. The largest absolute Gasteiger partial charge is 0.508 e. The summed E-state index contributed by atoms with van der Waals surface area (Å²) < 4.78 is 5.24. The molecular weight excluding hydrogens is 286 g/mol. The molecular formula is C15H11N3O2S. The zero-order valence-electron chi connectivity index (χ0n) is 10.9. The van der Waals surface area contributed by atoms with Crippen LogP contribution in [0, 0.1) is 4.84 Å². The number of aromatic nitrogens is 2. The maximum Gasteiger partial charge on any atom is 0.284 e. The van der Waals surface area contributed by atoms with Gasteiger partial charge in [-0.25, -0.2) is 5.10 Å². The predicted molar refractivity (Wildman–Crippen MR) is 82.5 cm³/mol. The summed E-state index contributed by atoms with van der Waals surface area (Å²) in [4.78, 5) is 4.61. The minimum absolute atomic E-state index is 0.236. The first-order chi connectivity index (χ1) is 10.2. The van der Waals surface area contributed by atoms with Gasteiger partial charge in [0.25, 0.3) is 4.84 Å². The zero-order valence-corrected chi connectivity index (χ0v) is 11.7. The van der Waals surface area contributed by atoms with E-state index in [1.165, 1.54) is 0 Å². The van der Waals surface area contributed by atoms with E-state index < -0.39 is 0 Å². The average molecular weight is 297 g/mol. The SMILES string of the molecule is Oc1ccc(C=Nc2ccc(-c3n[nH]c(=S)o3)cc2)cc1. The first-order valence-corrected chi connectivity index (χ1v) is 6.60. The fourth-order valence-electron chi connectivity index (χ4n) is 1.75. The van der Waals surface area contributed by atoms with E-state index in [9.17, 15) is 5.11 Å². The molecule has 21 heavy (non-hydrogen) atoms. The summed E-state index contributed by atoms with van der Waals surface area (Å²) in [6.07, 6.45) is 1.73. The Morgan fingerprint density at radius 2 is 1.81 bits per heavy atom. The summed E-state index contributed by atoms with van der Waals surface area (Å²) in [5.41, 5.74) is 2.54. The molecule has 1 heterocycles. The van der Waals surface area contributed by atoms with E-state index in [4.69, 9.17) is 16.6 Å². The Kier molecular flexibility index (Phi) is 3.61. The lowest BCUT2D eigenvalue weighted by atomic mass is 10.2. The molecule has 0 bridgehead atoms. The monoisotopic (exact) mass is 297 g/mol. The van der Waals surface area contributed by atoms with E-state index >= 15 is 0 Å². The predicted octanol–water partition coefficient (Wildman–Crippen LogP) is 3.86. The second-order valence-corrected chi connectivity index (χ2v) is 4.69. The Labute approximate surface area is 125 Å². The van der Waals surface area contributed by atoms with Crippen molar-refractivity contribution in [3.63, 3.8) is 0 Å². The molecule has 0 unspecified atom stereocenters. The molecule has 0 aliphatic carbocycles. The van der Waals surface area contributed by atoms with Crippen molar-refractivity contribution in [2.24, 2.45) is 4.99 Å². The van der Waals surface area contributed by atoms with E-state index in [1.54, 1.807) is 30.5 Å². The van der Waals surface area contributed by atoms with Gasteiger partial charge in [-0.1, -0.05) is 0 Å². The highest BCUT2D eigenvalue weighted by Crippen LogP contribution is 2.21. The van der Waals surface area contributed by atoms with Gasteiger partial charge in [0.2, 0.25) is 5.89 Å². The fraction of sp³-hybridized carbons (Fsp3) is 0. The number of aliphatic imine (C=N–C) groups is 1. The van der Waals surface area contributed by atoms with Gasteiger partial charge in [-0.2, -0.15) is 0 Å². The van der Waals surface area contributed by atoms with Crippen molar-refractivity contribution < 1.29 is 9.52 Å². The number of phenols is 1. The molecule has 5 nitrogen and oxygen atoms in total. The van der Waals surface area contributed by atoms with Gasteiger partial charge in [-0.05, 0) is 66.3 Å². The van der Waals surface area contributed by atoms with Gasteiger partial charge in [0.05, 0.1) is 5.69 Å². The minimum atomic E-state index is 0.236. The highest BCUT2D eigenvalue weighted by atomic mass is 32.1. The number of aromatic hydroxyl groups is 1. The molecule has 0 atom stereocenters. The van der Waals surface area contributed by atoms with E-state index in [0.717, 1.165) is 16.8 Å². The van der Waals surface area contributed by atoms with Crippen LogP contribution in [-0.2, 0) is 0 Å². The molecule has 0 radical (unpaired) electrons. The summed E-state index contributed by atoms with van der Waals surface area (Å²) in [5, 5.41) is 15.8. The first kappa shape index (κ1) is 13.3. The molecule has 0 aliphatic heterocycles. The summed E-state index contributed by atoms with van der Waals surface area (Å²) in [7, 11) is 0. The molecule has 0 saturated heterocycles. The normalized spacial score (nSPS) is 11.0. The van der Waals surface area contributed by atoms with Crippen LogP contribution in [0.4, 0.5) is 5.69 Å². The van der Waals surface area contributed by atoms with E-state index in [-0.39, 0.29) is 10.6 Å². The number of benzene rings is 2. The Balaban J connectivity index is 1.78. The van der Waals surface area contributed by atoms with E-state index in [0.29, 0.717) is 5.89 Å². The molecule has 0 aliphatic rings. The number of H-pyrrole nitrogens is 1. The summed E-state index contributed by atoms with van der Waals surface area (Å²) in [6.45, 7) is 0. The van der Waals surface area contributed by atoms with Crippen LogP contribution in [0.5, 0.6) is 5.75 Å². The topological polar surface area (TPSA) is 74.4 Å². The van der Waals surface area contributed by atoms with Crippen molar-refractivity contribution in [1.29, 1.82) is 0 Å². The number of hydrogen-bond donors (Lipinski definition) is 2. The fourth-order valence-corrected chi connectivity index (χ4v) is 1.88. The molecule has 0 saturated carbocycles. The van der Waals surface area contributed by atoms with Crippen LogP contribution in [0.15, 0.2) is 57.9 Å². The summed E-state index contributed by atoms with van der Waals surface area (Å²) in [5.74, 6) is 0.689. The molecule has 2 aromatic carbocycles. The van der Waals surface area contributed by atoms with Gasteiger partial charge in [0.15, 0.2) is 0 Å². The summed E-state index contributed by atoms with van der Waals surface area (Å²) in [6, 6.07) is 14.3. The number of nitrogens with zero attached hydrogens (tertiary/aromatic N) is 2. The van der Waals surface area contributed by atoms with Crippen LogP contribution < -0.4 is 0 Å². The van der Waals surface area contributed by atoms with Gasteiger partial charge < -0.3 is 9.52 Å². The molecule has 1 aromatic heterocycles. The molecule has 6 heteroatoms. The minimum Gasteiger partial charge on any atom is -0.508 e. The number of hydrogen-bond acceptors (Lipinski definition) is 5. The van der Waals surface area contributed by atoms with Crippen molar-refractivity contribution >= 4 is 24.1 Å². The molecule has 0 amide bonds. The zero-order chi connectivity index (χ0) is 14.7. The van der Waals surface area contributed by atoms with E-state index in [1.807, 2.05) is 24.3 Å². The first-order valence-electron chi connectivity index (χ1n) is 6.20. The quantitative estimate of drug-likeness (QED) is 0.568. The lowest BCUT2D eigenvalue weighted by molar-refractivity contribution is 0.475. The van der Waals surface area contributed by atoms with Crippen molar-refractivity contribution in [2.45, 2.75) is 0 Å². The highest BCUT2D eigenvalue weighted by Gasteiger charge is 2.03. The lowest BCUT2D eigenvalue weighted by Crippen LogP contribution is -1.80. The number of aromatic amines is 1. The van der Waals surface area contributed by atoms with Crippen molar-refractivity contribution in [2.75, 3.05) is 0 Å². The molecule has 104 valence electrons. The number of rotatable bonds is 3. The second-order valence-electron chi connectivity index (χ2n) is 4.31. The Bertz CT molecular complexity index is 817. The smallest absolute Gasteiger partial charge is 0.284 e. The standard InChI is InChI=1S/C15H11N3O2S/c19-13-7-1-10(2-8-13)9-16-12-5-3-11(4-6-12)14-17-18-15(21)20-14/h1-9,19H,(H,18,21). The molecule has 0 fully saturated rings. The summed E-state index contributed by atoms with van der Waals surface area (Å²) >= 11 is 4.84. The van der Waals surface area contributed by atoms with Gasteiger partial charge in [-0.3, -0.25) is 4.99 Å². The molecule has 0 spiro atoms. The maximum atomic E-state index is 9.21. The average Bonchev–Trinajstić information content (AvgIpc) is 2.94. The van der Waals surface area contributed by atoms with Crippen LogP contribution in [-0.4, -0.2) is 21.5 Å². The third-order valence-corrected chi connectivity index (χ3v) is 2.98. The number of nitrogens with one attached hydrogen (secondary N) is 1. The third kappa shape index (κ3) is 3.24. The number of phenolic OH excluding ortho intramolecular Hbond substituents is 1. The third-order valence-electron chi connectivity index (χ3n) is 2.81. The Morgan fingerprint density at radius 3 is 2.43 bits per heavy atom. The second kappa shape index (κ2) is 5.72. The lowest BCUT2D eigenvalue weighted by Gasteiger charge is -1.97. The Morgan fingerprint density at radius 1 is 1.10 bits per heavy atom. The van der Waals surface area contributed by atoms with E-state index in [2.05, 4.69) is 15.2 Å². The van der Waals surface area contributed by atoms with Gasteiger partial charge in [-0.15, -0.1) is 5.10 Å². The van der Waals surface area contributed by atoms with Crippen LogP contribution in [0.1, 0.15) is 5.56 Å². The van der Waals surface area contributed by atoms with Crippen LogP contribution >= 0.6 is 12.2 Å². The molecule has 3 aromatic rings. The van der Waals surface area contributed by atoms with Crippen molar-refractivity contribution in [3.05, 3.63) is 58.9 Å². The van der Waals surface area contributed by atoms with Crippen LogP contribution in [0.25, 0.3) is 11.5 Å². The van der Waals surface area contributed by atoms with Crippen molar-refractivity contribution in [1.82, 2.24) is 10.2 Å². The maximum absolute atomic E-state index is 9.21. The Hall–Kier alpha value is -2.73. The van der Waals surface area contributed by atoms with Crippen LogP contribution in [0.2, 0.25) is 0 Å².